The molecule has 1 heteroatoms. The minimum atomic E-state index is 0.0234. The van der Waals surface area contributed by atoms with Gasteiger partial charge in [0.1, 0.15) is 0 Å². The quantitative estimate of drug-likeness (QED) is 0.666. The Morgan fingerprint density at radius 1 is 1.27 bits per heavy atom. The number of aliphatic hydroxyl groups is 1. The molecule has 1 rings (SSSR count). The number of unbranched alkanes of at least 4 members (excludes halogenated alkanes) is 1. The molecule has 1 N–H and O–H groups in total. The fraction of sp³-hybridized carbons (Fsp3) is 1.00. The lowest BCUT2D eigenvalue weighted by Gasteiger charge is -2.27. The summed E-state index contributed by atoms with van der Waals surface area (Å²) in [6, 6.07) is 0. The van der Waals surface area contributed by atoms with Crippen LogP contribution in [0.4, 0.5) is 0 Å². The van der Waals surface area contributed by atoms with Gasteiger partial charge in [0, 0.05) is 0 Å². The summed E-state index contributed by atoms with van der Waals surface area (Å²) in [7, 11) is 0. The van der Waals surface area contributed by atoms with Crippen LogP contribution < -0.4 is 0 Å². The molecule has 66 valence electrons. The van der Waals surface area contributed by atoms with Gasteiger partial charge < -0.3 is 5.11 Å². The second kappa shape index (κ2) is 4.76. The molecule has 0 bridgehead atoms. The summed E-state index contributed by atoms with van der Waals surface area (Å²) < 4.78 is 0. The molecule has 0 amide bonds. The molecular weight excluding hydrogens is 136 g/mol. The van der Waals surface area contributed by atoms with Gasteiger partial charge in [0.2, 0.25) is 0 Å². The third kappa shape index (κ3) is 2.82. The molecule has 0 aliphatic heterocycles. The van der Waals surface area contributed by atoms with E-state index in [0.717, 1.165) is 6.42 Å². The van der Waals surface area contributed by atoms with E-state index in [1.165, 1.54) is 38.5 Å². The van der Waals surface area contributed by atoms with Crippen LogP contribution >= 0.6 is 0 Å². The number of aliphatic hydroxyl groups excluding tert-OH is 1. The molecule has 0 radical (unpaired) electrons. The van der Waals surface area contributed by atoms with Gasteiger partial charge >= 0.3 is 0 Å². The van der Waals surface area contributed by atoms with E-state index in [1.807, 2.05) is 0 Å². The van der Waals surface area contributed by atoms with Crippen LogP contribution in [0, 0.1) is 5.92 Å². The van der Waals surface area contributed by atoms with Crippen LogP contribution in [0.15, 0.2) is 0 Å². The minimum Gasteiger partial charge on any atom is -0.393 e. The normalized spacial score (nSPS) is 32.2. The van der Waals surface area contributed by atoms with Crippen molar-refractivity contribution in [3.8, 4) is 0 Å². The molecule has 0 unspecified atom stereocenters. The van der Waals surface area contributed by atoms with Gasteiger partial charge in [0.05, 0.1) is 6.10 Å². The first-order valence-electron chi connectivity index (χ1n) is 5.02. The number of rotatable bonds is 3. The summed E-state index contributed by atoms with van der Waals surface area (Å²) in [6.07, 6.45) is 8.73. The Morgan fingerprint density at radius 3 is 2.64 bits per heavy atom. The molecule has 2 atom stereocenters. The topological polar surface area (TPSA) is 20.2 Å². The van der Waals surface area contributed by atoms with Crippen molar-refractivity contribution in [3.63, 3.8) is 0 Å². The van der Waals surface area contributed by atoms with Crippen LogP contribution in [0.25, 0.3) is 0 Å². The Hall–Kier alpha value is -0.0400. The van der Waals surface area contributed by atoms with Crippen molar-refractivity contribution in [2.24, 2.45) is 5.92 Å². The SMILES string of the molecule is CCCC[C@@H]1CCCC[C@H]1O. The van der Waals surface area contributed by atoms with E-state index in [9.17, 15) is 5.11 Å². The average Bonchev–Trinajstić information content (AvgIpc) is 2.03. The Morgan fingerprint density at radius 2 is 2.00 bits per heavy atom. The Balaban J connectivity index is 2.18. The van der Waals surface area contributed by atoms with E-state index in [0.29, 0.717) is 5.92 Å². The van der Waals surface area contributed by atoms with Gasteiger partial charge in [-0.15, -0.1) is 0 Å². The molecule has 1 aliphatic rings. The van der Waals surface area contributed by atoms with Crippen LogP contribution in [-0.4, -0.2) is 11.2 Å². The molecule has 11 heavy (non-hydrogen) atoms. The predicted octanol–water partition coefficient (Wildman–Crippen LogP) is 2.73. The van der Waals surface area contributed by atoms with Crippen molar-refractivity contribution in [1.82, 2.24) is 0 Å². The van der Waals surface area contributed by atoms with E-state index in [2.05, 4.69) is 6.92 Å². The van der Waals surface area contributed by atoms with Gasteiger partial charge in [-0.3, -0.25) is 0 Å². The van der Waals surface area contributed by atoms with Gasteiger partial charge in [0.25, 0.3) is 0 Å². The van der Waals surface area contributed by atoms with E-state index in [1.54, 1.807) is 0 Å². The summed E-state index contributed by atoms with van der Waals surface area (Å²) in [6.45, 7) is 2.22. The highest BCUT2D eigenvalue weighted by molar-refractivity contribution is 4.73. The molecule has 1 fully saturated rings. The molecule has 1 nitrogen and oxygen atoms in total. The Labute approximate surface area is 69.8 Å². The van der Waals surface area contributed by atoms with Crippen molar-refractivity contribution in [2.45, 2.75) is 58.0 Å². The van der Waals surface area contributed by atoms with Crippen LogP contribution in [0.1, 0.15) is 51.9 Å². The van der Waals surface area contributed by atoms with E-state index >= 15 is 0 Å². The van der Waals surface area contributed by atoms with Gasteiger partial charge in [-0.1, -0.05) is 32.6 Å². The average molecular weight is 156 g/mol. The molecule has 1 aliphatic carbocycles. The van der Waals surface area contributed by atoms with Crippen molar-refractivity contribution in [1.29, 1.82) is 0 Å². The minimum absolute atomic E-state index is 0.0234. The van der Waals surface area contributed by atoms with Crippen LogP contribution in [0.3, 0.4) is 0 Å². The van der Waals surface area contributed by atoms with Crippen molar-refractivity contribution in [2.75, 3.05) is 0 Å². The second-order valence-corrected chi connectivity index (χ2v) is 3.75. The van der Waals surface area contributed by atoms with Crippen molar-refractivity contribution < 1.29 is 5.11 Å². The Kier molecular flexibility index (Phi) is 3.92. The standard InChI is InChI=1S/C10H20O/c1-2-3-6-9-7-4-5-8-10(9)11/h9-11H,2-8H2,1H3/t9-,10-/m1/s1. The fourth-order valence-electron chi connectivity index (χ4n) is 1.99. The smallest absolute Gasteiger partial charge is 0.0568 e. The maximum atomic E-state index is 9.60. The summed E-state index contributed by atoms with van der Waals surface area (Å²) in [4.78, 5) is 0. The van der Waals surface area contributed by atoms with Crippen LogP contribution in [-0.2, 0) is 0 Å². The molecule has 0 heterocycles. The molecule has 0 aromatic heterocycles. The fourth-order valence-corrected chi connectivity index (χ4v) is 1.99. The van der Waals surface area contributed by atoms with E-state index < -0.39 is 0 Å². The van der Waals surface area contributed by atoms with Gasteiger partial charge in [0.15, 0.2) is 0 Å². The predicted molar refractivity (Wildman–Crippen MR) is 47.5 cm³/mol. The van der Waals surface area contributed by atoms with Crippen LogP contribution in [0.5, 0.6) is 0 Å². The summed E-state index contributed by atoms with van der Waals surface area (Å²) in [5.74, 6) is 0.628. The molecule has 0 aromatic rings. The van der Waals surface area contributed by atoms with Gasteiger partial charge in [-0.25, -0.2) is 0 Å². The highest BCUT2D eigenvalue weighted by Gasteiger charge is 2.21. The largest absolute Gasteiger partial charge is 0.393 e. The number of hydrogen-bond donors (Lipinski definition) is 1. The van der Waals surface area contributed by atoms with Gasteiger partial charge in [-0.2, -0.15) is 0 Å². The van der Waals surface area contributed by atoms with E-state index in [4.69, 9.17) is 0 Å². The zero-order chi connectivity index (χ0) is 8.10. The molecule has 1 saturated carbocycles. The third-order valence-corrected chi connectivity index (χ3v) is 2.80. The van der Waals surface area contributed by atoms with Crippen LogP contribution in [0.2, 0.25) is 0 Å². The van der Waals surface area contributed by atoms with Crippen molar-refractivity contribution >= 4 is 0 Å². The monoisotopic (exact) mass is 156 g/mol. The molecule has 0 aromatic carbocycles. The second-order valence-electron chi connectivity index (χ2n) is 3.75. The lowest BCUT2D eigenvalue weighted by atomic mass is 9.83. The Bertz CT molecular complexity index is 101. The first kappa shape index (κ1) is 9.05. The molecular formula is C10H20O. The highest BCUT2D eigenvalue weighted by Crippen LogP contribution is 2.28. The molecule has 0 saturated heterocycles. The maximum Gasteiger partial charge on any atom is 0.0568 e. The number of hydrogen-bond acceptors (Lipinski definition) is 1. The van der Waals surface area contributed by atoms with Crippen molar-refractivity contribution in [3.05, 3.63) is 0 Å². The lowest BCUT2D eigenvalue weighted by molar-refractivity contribution is 0.0642. The first-order valence-corrected chi connectivity index (χ1v) is 5.02. The zero-order valence-corrected chi connectivity index (χ0v) is 7.55. The zero-order valence-electron chi connectivity index (χ0n) is 7.55. The highest BCUT2D eigenvalue weighted by atomic mass is 16.3. The summed E-state index contributed by atoms with van der Waals surface area (Å²) in [5, 5.41) is 9.60. The molecule has 0 spiro atoms. The summed E-state index contributed by atoms with van der Waals surface area (Å²) >= 11 is 0. The first-order chi connectivity index (χ1) is 5.34. The lowest BCUT2D eigenvalue weighted by Crippen LogP contribution is -2.24. The third-order valence-electron chi connectivity index (χ3n) is 2.80. The van der Waals surface area contributed by atoms with E-state index in [-0.39, 0.29) is 6.10 Å². The summed E-state index contributed by atoms with van der Waals surface area (Å²) in [5.41, 5.74) is 0. The van der Waals surface area contributed by atoms with Gasteiger partial charge in [-0.05, 0) is 25.2 Å². The maximum absolute atomic E-state index is 9.60.